The minimum absolute atomic E-state index is 0.915. The van der Waals surface area contributed by atoms with E-state index < -0.39 is 0 Å². The zero-order chi connectivity index (χ0) is 33.9. The lowest BCUT2D eigenvalue weighted by Gasteiger charge is -2.11. The van der Waals surface area contributed by atoms with Gasteiger partial charge in [-0.1, -0.05) is 97.1 Å². The van der Waals surface area contributed by atoms with Crippen LogP contribution in [0.5, 0.6) is 0 Å². The van der Waals surface area contributed by atoms with Gasteiger partial charge in [0.1, 0.15) is 5.82 Å². The molecular formula is C48H28N4. The van der Waals surface area contributed by atoms with Crippen molar-refractivity contribution in [1.29, 1.82) is 0 Å². The van der Waals surface area contributed by atoms with Gasteiger partial charge in [0.2, 0.25) is 0 Å². The first-order valence-corrected chi connectivity index (χ1v) is 17.7. The SMILES string of the molecule is c1ccc(-n2c3ccc(-c4ccc5c(c4)c4ccccc4n5-c4cc5c(cn4)-c4cccc6nccc-5c46)cc3c3ccc4ccccc4c32)cc1. The number of nitrogens with zero attached hydrogens (tertiary/aromatic N) is 4. The maximum atomic E-state index is 5.10. The van der Waals surface area contributed by atoms with Gasteiger partial charge in [0, 0.05) is 56.0 Å². The maximum absolute atomic E-state index is 5.10. The number of para-hydroxylation sites is 2. The molecule has 0 unspecified atom stereocenters. The Morgan fingerprint density at radius 1 is 0.404 bits per heavy atom. The van der Waals surface area contributed by atoms with Crippen LogP contribution in [0.4, 0.5) is 0 Å². The van der Waals surface area contributed by atoms with E-state index in [1.807, 2.05) is 12.4 Å². The van der Waals surface area contributed by atoms with E-state index in [1.54, 1.807) is 0 Å². The monoisotopic (exact) mass is 660 g/mol. The molecule has 0 atom stereocenters. The van der Waals surface area contributed by atoms with E-state index in [0.29, 0.717) is 0 Å². The molecule has 0 bridgehead atoms. The van der Waals surface area contributed by atoms with Gasteiger partial charge in [0.25, 0.3) is 0 Å². The zero-order valence-corrected chi connectivity index (χ0v) is 28.0. The number of hydrogen-bond acceptors (Lipinski definition) is 2. The molecule has 4 heterocycles. The van der Waals surface area contributed by atoms with Crippen molar-refractivity contribution in [3.05, 3.63) is 170 Å². The highest BCUT2D eigenvalue weighted by Crippen LogP contribution is 2.47. The molecule has 52 heavy (non-hydrogen) atoms. The van der Waals surface area contributed by atoms with E-state index >= 15 is 0 Å². The van der Waals surface area contributed by atoms with Crippen molar-refractivity contribution in [2.75, 3.05) is 0 Å². The number of pyridine rings is 2. The number of fused-ring (bicyclic) bond motifs is 11. The molecule has 1 aliphatic rings. The molecule has 11 aromatic rings. The van der Waals surface area contributed by atoms with E-state index in [-0.39, 0.29) is 0 Å². The first-order chi connectivity index (χ1) is 25.8. The number of benzene rings is 7. The van der Waals surface area contributed by atoms with E-state index in [2.05, 4.69) is 172 Å². The lowest BCUT2D eigenvalue weighted by molar-refractivity contribution is 1.08. The van der Waals surface area contributed by atoms with Crippen LogP contribution >= 0.6 is 0 Å². The molecule has 4 heteroatoms. The molecule has 4 nitrogen and oxygen atoms in total. The van der Waals surface area contributed by atoms with Crippen LogP contribution in [0.2, 0.25) is 0 Å². The Labute approximate surface area is 298 Å². The highest BCUT2D eigenvalue weighted by Gasteiger charge is 2.24. The quantitative estimate of drug-likeness (QED) is 0.189. The molecule has 0 fully saturated rings. The average molecular weight is 661 g/mol. The Morgan fingerprint density at radius 2 is 1.12 bits per heavy atom. The molecule has 7 aromatic carbocycles. The molecule has 0 spiro atoms. The first-order valence-electron chi connectivity index (χ1n) is 17.7. The Hall–Kier alpha value is -7.04. The summed E-state index contributed by atoms with van der Waals surface area (Å²) in [5.41, 5.74) is 14.1. The van der Waals surface area contributed by atoms with Gasteiger partial charge in [-0.25, -0.2) is 4.98 Å². The fraction of sp³-hybridized carbons (Fsp3) is 0. The molecular weight excluding hydrogens is 633 g/mol. The molecule has 240 valence electrons. The molecule has 0 saturated heterocycles. The van der Waals surface area contributed by atoms with Crippen LogP contribution in [0.15, 0.2) is 170 Å². The van der Waals surface area contributed by atoms with E-state index in [9.17, 15) is 0 Å². The van der Waals surface area contributed by atoms with E-state index in [0.717, 1.165) is 27.9 Å². The maximum Gasteiger partial charge on any atom is 0.138 e. The minimum atomic E-state index is 0.915. The smallest absolute Gasteiger partial charge is 0.138 e. The third-order valence-corrected chi connectivity index (χ3v) is 11.1. The summed E-state index contributed by atoms with van der Waals surface area (Å²) in [6, 6.07) is 57.2. The highest BCUT2D eigenvalue weighted by molar-refractivity contribution is 6.20. The minimum Gasteiger partial charge on any atom is -0.309 e. The summed E-state index contributed by atoms with van der Waals surface area (Å²) in [6.45, 7) is 0. The normalized spacial score (nSPS) is 12.2. The molecule has 0 radical (unpaired) electrons. The highest BCUT2D eigenvalue weighted by atomic mass is 15.1. The Morgan fingerprint density at radius 3 is 1.98 bits per heavy atom. The summed E-state index contributed by atoms with van der Waals surface area (Å²) in [5.74, 6) is 0.915. The number of hydrogen-bond donors (Lipinski definition) is 0. The largest absolute Gasteiger partial charge is 0.309 e. The summed E-state index contributed by atoms with van der Waals surface area (Å²) in [4.78, 5) is 9.74. The van der Waals surface area contributed by atoms with Crippen LogP contribution in [-0.4, -0.2) is 19.1 Å². The fourth-order valence-corrected chi connectivity index (χ4v) is 8.86. The van der Waals surface area contributed by atoms with Crippen molar-refractivity contribution in [2.45, 2.75) is 0 Å². The van der Waals surface area contributed by atoms with Crippen LogP contribution in [-0.2, 0) is 0 Å². The van der Waals surface area contributed by atoms with Crippen LogP contribution in [0.1, 0.15) is 0 Å². The van der Waals surface area contributed by atoms with Gasteiger partial charge < -0.3 is 4.57 Å². The molecule has 12 rings (SSSR count). The van der Waals surface area contributed by atoms with Gasteiger partial charge in [-0.3, -0.25) is 9.55 Å². The molecule has 0 aliphatic heterocycles. The molecule has 1 aliphatic carbocycles. The van der Waals surface area contributed by atoms with Gasteiger partial charge >= 0.3 is 0 Å². The lowest BCUT2D eigenvalue weighted by Crippen LogP contribution is -1.98. The summed E-state index contributed by atoms with van der Waals surface area (Å²) in [7, 11) is 0. The second-order valence-corrected chi connectivity index (χ2v) is 13.8. The van der Waals surface area contributed by atoms with Crippen molar-refractivity contribution in [3.63, 3.8) is 0 Å². The van der Waals surface area contributed by atoms with Crippen LogP contribution in [0.25, 0.3) is 110 Å². The van der Waals surface area contributed by atoms with Crippen molar-refractivity contribution >= 4 is 65.3 Å². The number of aromatic nitrogens is 4. The van der Waals surface area contributed by atoms with E-state index in [4.69, 9.17) is 4.98 Å². The summed E-state index contributed by atoms with van der Waals surface area (Å²) < 4.78 is 4.74. The van der Waals surface area contributed by atoms with Crippen LogP contribution < -0.4 is 0 Å². The van der Waals surface area contributed by atoms with Crippen molar-refractivity contribution < 1.29 is 0 Å². The zero-order valence-electron chi connectivity index (χ0n) is 28.0. The van der Waals surface area contributed by atoms with Crippen LogP contribution in [0.3, 0.4) is 0 Å². The van der Waals surface area contributed by atoms with Gasteiger partial charge in [-0.05, 0) is 93.9 Å². The topological polar surface area (TPSA) is 35.6 Å². The summed E-state index contributed by atoms with van der Waals surface area (Å²) >= 11 is 0. The summed E-state index contributed by atoms with van der Waals surface area (Å²) in [6.07, 6.45) is 3.95. The Kier molecular flexibility index (Phi) is 5.47. The predicted octanol–water partition coefficient (Wildman–Crippen LogP) is 12.3. The molecule has 0 N–H and O–H groups in total. The standard InChI is InChI=1S/C48H28N4/c1-2-10-32(11-3-1)51-44-21-18-31(26-40(44)37-20-17-29-9-4-5-12-33(29)48(37)51)30-19-22-45-39(25-30)34-13-6-7-16-43(34)52(45)46-27-38-36-23-24-49-42-15-8-14-35(47(36)42)41(38)28-50-46/h1-28H. The molecule has 4 aromatic heterocycles. The Bertz CT molecular complexity index is 3290. The third-order valence-electron chi connectivity index (χ3n) is 11.1. The van der Waals surface area contributed by atoms with Crippen molar-refractivity contribution in [3.8, 4) is 44.9 Å². The third kappa shape index (κ3) is 3.70. The van der Waals surface area contributed by atoms with Gasteiger partial charge in [0.05, 0.1) is 27.6 Å². The van der Waals surface area contributed by atoms with Gasteiger partial charge in [-0.15, -0.1) is 0 Å². The predicted molar refractivity (Wildman–Crippen MR) is 216 cm³/mol. The second-order valence-electron chi connectivity index (χ2n) is 13.8. The first kappa shape index (κ1) is 27.7. The van der Waals surface area contributed by atoms with Gasteiger partial charge in [-0.2, -0.15) is 0 Å². The fourth-order valence-electron chi connectivity index (χ4n) is 8.86. The second kappa shape index (κ2) is 10.3. The number of rotatable bonds is 3. The molecule has 0 saturated carbocycles. The lowest BCUT2D eigenvalue weighted by atomic mass is 10.00. The molecule has 0 amide bonds. The Balaban J connectivity index is 1.06. The van der Waals surface area contributed by atoms with Crippen LogP contribution in [0, 0.1) is 0 Å². The summed E-state index contributed by atoms with van der Waals surface area (Å²) in [5, 5.41) is 8.64. The van der Waals surface area contributed by atoms with Crippen molar-refractivity contribution in [2.24, 2.45) is 0 Å². The van der Waals surface area contributed by atoms with Gasteiger partial charge in [0.15, 0.2) is 0 Å². The van der Waals surface area contributed by atoms with E-state index in [1.165, 1.54) is 82.2 Å². The average Bonchev–Trinajstić information content (AvgIpc) is 3.84. The van der Waals surface area contributed by atoms with Crippen molar-refractivity contribution in [1.82, 2.24) is 19.1 Å².